The molecule has 2 atom stereocenters. The van der Waals surface area contributed by atoms with Crippen LogP contribution >= 0.6 is 7.82 Å². The number of esters is 1. The van der Waals surface area contributed by atoms with Crippen molar-refractivity contribution in [2.24, 2.45) is 0 Å². The molecule has 72 heavy (non-hydrogen) atoms. The fourth-order valence-electron chi connectivity index (χ4n) is 8.44. The molecule has 0 saturated carbocycles. The van der Waals surface area contributed by atoms with E-state index >= 15 is 0 Å². The first-order valence-electron chi connectivity index (χ1n) is 30.2. The summed E-state index contributed by atoms with van der Waals surface area (Å²) in [5, 5.41) is 0. The Labute approximate surface area is 446 Å². The molecule has 2 unspecified atom stereocenters. The summed E-state index contributed by atoms with van der Waals surface area (Å²) in [6.45, 7) is 5.32. The van der Waals surface area contributed by atoms with Crippen molar-refractivity contribution in [2.45, 2.75) is 270 Å². The maximum absolute atomic E-state index is 12.8. The Morgan fingerprint density at radius 1 is 0.444 bits per heavy atom. The van der Waals surface area contributed by atoms with Crippen molar-refractivity contribution in [2.75, 3.05) is 54.1 Å². The minimum atomic E-state index is -4.54. The molecule has 0 aliphatic heterocycles. The van der Waals surface area contributed by atoms with E-state index in [1.54, 1.807) is 0 Å². The van der Waals surface area contributed by atoms with E-state index in [9.17, 15) is 14.3 Å². The molecule has 0 amide bonds. The first-order valence-corrected chi connectivity index (χ1v) is 31.6. The largest absolute Gasteiger partial charge is 0.756 e. The molecule has 0 bridgehead atoms. The summed E-state index contributed by atoms with van der Waals surface area (Å²) >= 11 is 0. The summed E-state index contributed by atoms with van der Waals surface area (Å²) in [6.07, 6.45) is 73.8. The van der Waals surface area contributed by atoms with Crippen LogP contribution in [0.1, 0.15) is 264 Å². The number of unbranched alkanes of at least 4 members (excludes halogenated alkanes) is 30. The number of phosphoric acid groups is 1. The Morgan fingerprint density at radius 3 is 1.21 bits per heavy atom. The van der Waals surface area contributed by atoms with Gasteiger partial charge in [-0.05, 0) is 64.2 Å². The fraction of sp³-hybridized carbons (Fsp3) is 0.794. The van der Waals surface area contributed by atoms with Gasteiger partial charge in [-0.2, -0.15) is 0 Å². The minimum Gasteiger partial charge on any atom is -0.756 e. The van der Waals surface area contributed by atoms with Gasteiger partial charge in [-0.15, -0.1) is 0 Å². The number of carbonyl (C=O) groups excluding carboxylic acids is 1. The van der Waals surface area contributed by atoms with Crippen LogP contribution in [-0.2, 0) is 27.9 Å². The molecule has 0 aromatic carbocycles. The van der Waals surface area contributed by atoms with Crippen molar-refractivity contribution in [3.8, 4) is 0 Å². The highest BCUT2D eigenvalue weighted by Crippen LogP contribution is 2.38. The number of ether oxygens (including phenoxy) is 2. The van der Waals surface area contributed by atoms with Gasteiger partial charge in [-0.1, -0.05) is 267 Å². The fourth-order valence-corrected chi connectivity index (χ4v) is 9.16. The molecule has 0 aliphatic rings. The maximum Gasteiger partial charge on any atom is 0.306 e. The lowest BCUT2D eigenvalue weighted by atomic mass is 10.0. The smallest absolute Gasteiger partial charge is 0.306 e. The van der Waals surface area contributed by atoms with Gasteiger partial charge in [0.2, 0.25) is 0 Å². The first kappa shape index (κ1) is 69.9. The molecule has 0 spiro atoms. The summed E-state index contributed by atoms with van der Waals surface area (Å²) in [7, 11) is 1.35. The van der Waals surface area contributed by atoms with Gasteiger partial charge in [0.25, 0.3) is 7.82 Å². The molecule has 0 rings (SSSR count). The number of hydrogen-bond donors (Lipinski definition) is 0. The van der Waals surface area contributed by atoms with Crippen LogP contribution in [0.15, 0.2) is 72.9 Å². The van der Waals surface area contributed by atoms with Crippen LogP contribution in [0.2, 0.25) is 0 Å². The Bertz CT molecular complexity index is 1380. The summed E-state index contributed by atoms with van der Waals surface area (Å²) in [5.41, 5.74) is 0. The zero-order valence-electron chi connectivity index (χ0n) is 47.9. The zero-order valence-corrected chi connectivity index (χ0v) is 48.8. The molecule has 0 N–H and O–H groups in total. The lowest BCUT2D eigenvalue weighted by Crippen LogP contribution is -2.37. The molecule has 0 aromatic heterocycles. The van der Waals surface area contributed by atoms with Gasteiger partial charge in [0.15, 0.2) is 0 Å². The number of hydrogen-bond acceptors (Lipinski definition) is 7. The molecule has 420 valence electrons. The average molecular weight is 1030 g/mol. The second-order valence-electron chi connectivity index (χ2n) is 21.3. The molecule has 0 aliphatic carbocycles. The quantitative estimate of drug-likeness (QED) is 0.0197. The molecule has 8 nitrogen and oxygen atoms in total. The second kappa shape index (κ2) is 55.2. The van der Waals surface area contributed by atoms with Crippen molar-refractivity contribution in [3.05, 3.63) is 72.9 Å². The van der Waals surface area contributed by atoms with E-state index in [2.05, 4.69) is 86.8 Å². The van der Waals surface area contributed by atoms with Gasteiger partial charge in [-0.25, -0.2) is 0 Å². The van der Waals surface area contributed by atoms with Crippen LogP contribution in [0, 0.1) is 0 Å². The lowest BCUT2D eigenvalue weighted by Gasteiger charge is -2.28. The maximum atomic E-state index is 12.8. The molecule has 0 heterocycles. The number of phosphoric ester groups is 1. The predicted molar refractivity (Wildman–Crippen MR) is 309 cm³/mol. The van der Waals surface area contributed by atoms with E-state index in [1.807, 2.05) is 21.1 Å². The normalized spacial score (nSPS) is 13.9. The molecule has 9 heteroatoms. The van der Waals surface area contributed by atoms with Gasteiger partial charge in [0, 0.05) is 13.0 Å². The van der Waals surface area contributed by atoms with Crippen LogP contribution in [0.5, 0.6) is 0 Å². The van der Waals surface area contributed by atoms with E-state index in [0.717, 1.165) is 83.5 Å². The number of allylic oxidation sites excluding steroid dienone is 12. The van der Waals surface area contributed by atoms with Crippen LogP contribution in [0.3, 0.4) is 0 Å². The van der Waals surface area contributed by atoms with Crippen molar-refractivity contribution in [3.63, 3.8) is 0 Å². The molecule has 0 fully saturated rings. The van der Waals surface area contributed by atoms with Crippen LogP contribution < -0.4 is 4.89 Å². The van der Waals surface area contributed by atoms with Gasteiger partial charge >= 0.3 is 5.97 Å². The third-order valence-corrected chi connectivity index (χ3v) is 14.0. The van der Waals surface area contributed by atoms with Crippen molar-refractivity contribution < 1.29 is 37.3 Å². The highest BCUT2D eigenvalue weighted by Gasteiger charge is 2.20. The Hall–Kier alpha value is -2.06. The lowest BCUT2D eigenvalue weighted by molar-refractivity contribution is -0.870. The topological polar surface area (TPSA) is 94.1 Å². The Kier molecular flexibility index (Phi) is 53.6. The first-order chi connectivity index (χ1) is 35.1. The summed E-state index contributed by atoms with van der Waals surface area (Å²) in [4.78, 5) is 25.3. The van der Waals surface area contributed by atoms with E-state index in [-0.39, 0.29) is 25.8 Å². The highest BCUT2D eigenvalue weighted by atomic mass is 31.2. The number of carbonyl (C=O) groups is 1. The second-order valence-corrected chi connectivity index (χ2v) is 22.7. The third kappa shape index (κ3) is 58.8. The molecule has 0 saturated heterocycles. The van der Waals surface area contributed by atoms with E-state index in [1.165, 1.54) is 161 Å². The number of quaternary nitrogens is 1. The van der Waals surface area contributed by atoms with Gasteiger partial charge < -0.3 is 27.9 Å². The van der Waals surface area contributed by atoms with E-state index < -0.39 is 13.9 Å². The predicted octanol–water partition coefficient (Wildman–Crippen LogP) is 18.7. The molecular weight excluding hydrogens is 914 g/mol. The summed E-state index contributed by atoms with van der Waals surface area (Å²) < 4.78 is 34.9. The van der Waals surface area contributed by atoms with Gasteiger partial charge in [-0.3, -0.25) is 9.36 Å². The third-order valence-electron chi connectivity index (χ3n) is 13.0. The van der Waals surface area contributed by atoms with Crippen molar-refractivity contribution in [1.82, 2.24) is 0 Å². The van der Waals surface area contributed by atoms with Gasteiger partial charge in [0.1, 0.15) is 19.3 Å². The number of rotatable bonds is 56. The monoisotopic (exact) mass is 1030 g/mol. The molecular formula is C63H116NO7P. The van der Waals surface area contributed by atoms with Crippen LogP contribution in [0.4, 0.5) is 0 Å². The SMILES string of the molecule is CC/C=C\C/C=C\C/C=C\C/C=C\C/C=C\C/C=C\CCCCCCCCC(=O)OC(COCCCCCCCCCCCCCCCCCCCCCCCCCCC)COP(=O)([O-])OCC[N+](C)(C)C. The zero-order chi connectivity index (χ0) is 52.6. The highest BCUT2D eigenvalue weighted by molar-refractivity contribution is 7.45. The Balaban J connectivity index is 4.08. The standard InChI is InChI=1S/C63H116NO7P/c1-6-8-10-12-14-16-18-20-22-24-26-28-30-32-34-36-38-40-42-44-46-48-50-52-54-56-63(65)71-62(61-70-72(66,67)69-59-57-64(3,4)5)60-68-58-55-53-51-49-47-45-43-41-39-37-35-33-31-29-27-25-23-21-19-17-15-13-11-9-7-2/h8,10,14,16,20,22,26,28,32,34,38,40,62H,6-7,9,11-13,15,17-19,21,23-25,27,29-31,33,35-37,39,41-61H2,1-5H3/b10-8-,16-14-,22-20-,28-26-,34-32-,40-38-. The van der Waals surface area contributed by atoms with Crippen LogP contribution in [-0.4, -0.2) is 70.7 Å². The average Bonchev–Trinajstić information content (AvgIpc) is 3.34. The van der Waals surface area contributed by atoms with E-state index in [0.29, 0.717) is 24.1 Å². The van der Waals surface area contributed by atoms with Gasteiger partial charge in [0.05, 0.1) is 34.4 Å². The number of nitrogens with zero attached hydrogens (tertiary/aromatic N) is 1. The summed E-state index contributed by atoms with van der Waals surface area (Å²) in [5.74, 6) is -0.346. The molecule has 0 radical (unpaired) electrons. The van der Waals surface area contributed by atoms with Crippen LogP contribution in [0.25, 0.3) is 0 Å². The minimum absolute atomic E-state index is 0.0212. The summed E-state index contributed by atoms with van der Waals surface area (Å²) in [6, 6.07) is 0. The van der Waals surface area contributed by atoms with Crippen molar-refractivity contribution >= 4 is 13.8 Å². The number of likely N-dealkylation sites (N-methyl/N-ethyl adjacent to an activating group) is 1. The van der Waals surface area contributed by atoms with E-state index in [4.69, 9.17) is 18.5 Å². The Morgan fingerprint density at radius 2 is 0.806 bits per heavy atom. The molecule has 0 aromatic rings. The van der Waals surface area contributed by atoms with Crippen molar-refractivity contribution in [1.29, 1.82) is 0 Å².